The van der Waals surface area contributed by atoms with Gasteiger partial charge in [0, 0.05) is 18.5 Å². The van der Waals surface area contributed by atoms with E-state index >= 15 is 0 Å². The molecule has 2 aromatic rings. The van der Waals surface area contributed by atoms with Crippen LogP contribution in [-0.4, -0.2) is 18.1 Å². The number of ether oxygens (including phenoxy) is 1. The van der Waals surface area contributed by atoms with Crippen LogP contribution in [0.2, 0.25) is 15.1 Å². The number of aromatic nitrogens is 1. The fourth-order valence-electron chi connectivity index (χ4n) is 2.39. The summed E-state index contributed by atoms with van der Waals surface area (Å²) in [6, 6.07) is 3.19. The van der Waals surface area contributed by atoms with Crippen LogP contribution in [0.5, 0.6) is 5.75 Å². The molecule has 1 saturated heterocycles. The summed E-state index contributed by atoms with van der Waals surface area (Å²) in [5.41, 5.74) is 0. The van der Waals surface area contributed by atoms with E-state index in [0.29, 0.717) is 26.7 Å². The molecular weight excluding hydrogens is 335 g/mol. The summed E-state index contributed by atoms with van der Waals surface area (Å²) in [7, 11) is 0. The van der Waals surface area contributed by atoms with Gasteiger partial charge in [-0.15, -0.1) is 0 Å². The van der Waals surface area contributed by atoms with Gasteiger partial charge in [-0.2, -0.15) is 0 Å². The lowest BCUT2D eigenvalue weighted by Gasteiger charge is -2.22. The summed E-state index contributed by atoms with van der Waals surface area (Å²) in [5, 5.41) is 4.50. The summed E-state index contributed by atoms with van der Waals surface area (Å²) in [6.45, 7) is 1.78. The molecule has 1 aliphatic heterocycles. The van der Waals surface area contributed by atoms with Crippen molar-refractivity contribution in [2.45, 2.75) is 12.5 Å². The van der Waals surface area contributed by atoms with Crippen molar-refractivity contribution in [2.24, 2.45) is 5.92 Å². The smallest absolute Gasteiger partial charge is 0.235 e. The summed E-state index contributed by atoms with van der Waals surface area (Å²) in [4.78, 5) is 4.21. The van der Waals surface area contributed by atoms with E-state index < -0.39 is 0 Å². The molecule has 21 heavy (non-hydrogen) atoms. The third kappa shape index (κ3) is 3.29. The lowest BCUT2D eigenvalue weighted by Crippen LogP contribution is -2.21. The highest BCUT2D eigenvalue weighted by molar-refractivity contribution is 6.43. The molecule has 0 aliphatic carbocycles. The van der Waals surface area contributed by atoms with Crippen LogP contribution in [0.3, 0.4) is 0 Å². The summed E-state index contributed by atoms with van der Waals surface area (Å²) in [6.07, 6.45) is 3.80. The normalized spacial score (nSPS) is 19.7. The Labute approximate surface area is 137 Å². The van der Waals surface area contributed by atoms with Gasteiger partial charge >= 0.3 is 0 Å². The van der Waals surface area contributed by atoms with Crippen LogP contribution in [0, 0.1) is 5.92 Å². The van der Waals surface area contributed by atoms with Crippen molar-refractivity contribution in [3.05, 3.63) is 45.6 Å². The number of benzene rings is 1. The van der Waals surface area contributed by atoms with Crippen molar-refractivity contribution in [3.8, 4) is 5.75 Å². The zero-order valence-corrected chi connectivity index (χ0v) is 13.3. The van der Waals surface area contributed by atoms with E-state index in [-0.39, 0.29) is 12.0 Å². The Balaban J connectivity index is 1.89. The lowest BCUT2D eigenvalue weighted by atomic mass is 10.0. The van der Waals surface area contributed by atoms with Gasteiger partial charge < -0.3 is 14.5 Å². The predicted octanol–water partition coefficient (Wildman–Crippen LogP) is 4.36. The number of nitrogens with one attached hydrogen (secondary N) is 1. The Bertz CT molecular complexity index is 613. The third-order valence-corrected chi connectivity index (χ3v) is 4.47. The number of hydrogen-bond acceptors (Lipinski definition) is 4. The molecule has 0 radical (unpaired) electrons. The molecule has 2 heterocycles. The molecule has 0 amide bonds. The maximum atomic E-state index is 6.18. The molecule has 1 aliphatic rings. The first-order valence-corrected chi connectivity index (χ1v) is 7.70. The molecule has 0 spiro atoms. The maximum absolute atomic E-state index is 6.18. The SMILES string of the molecule is Clc1cc(Cl)c(OC(c2ncco2)[C@@H]2CCNC2)cc1Cl. The van der Waals surface area contributed by atoms with E-state index in [9.17, 15) is 0 Å². The largest absolute Gasteiger partial charge is 0.479 e. The van der Waals surface area contributed by atoms with Crippen molar-refractivity contribution in [3.63, 3.8) is 0 Å². The van der Waals surface area contributed by atoms with Gasteiger partial charge in [-0.05, 0) is 19.0 Å². The lowest BCUT2D eigenvalue weighted by molar-refractivity contribution is 0.114. The Morgan fingerprint density at radius 2 is 2.05 bits per heavy atom. The van der Waals surface area contributed by atoms with Gasteiger partial charge in [0.25, 0.3) is 0 Å². The molecule has 4 nitrogen and oxygen atoms in total. The molecule has 112 valence electrons. The minimum absolute atomic E-state index is 0.258. The standard InChI is InChI=1S/C14H13Cl3N2O2/c15-9-5-11(17)12(6-10(9)16)21-13(8-1-2-18-7-8)14-19-3-4-20-14/h3-6,8,13,18H,1-2,7H2/t8-,13?/m1/s1. The Morgan fingerprint density at radius 1 is 1.24 bits per heavy atom. The van der Waals surface area contributed by atoms with Gasteiger partial charge in [-0.3, -0.25) is 0 Å². The van der Waals surface area contributed by atoms with Crippen LogP contribution in [0.15, 0.2) is 29.0 Å². The molecule has 1 aromatic carbocycles. The minimum atomic E-state index is -0.315. The fourth-order valence-corrected chi connectivity index (χ4v) is 2.97. The second-order valence-electron chi connectivity index (χ2n) is 4.86. The average Bonchev–Trinajstić information content (AvgIpc) is 3.14. The molecule has 0 saturated carbocycles. The van der Waals surface area contributed by atoms with Gasteiger partial charge in [0.05, 0.1) is 21.3 Å². The van der Waals surface area contributed by atoms with Gasteiger partial charge in [0.15, 0.2) is 6.10 Å². The summed E-state index contributed by atoms with van der Waals surface area (Å²) < 4.78 is 11.4. The van der Waals surface area contributed by atoms with E-state index in [1.807, 2.05) is 0 Å². The second-order valence-corrected chi connectivity index (χ2v) is 6.08. The molecule has 1 fully saturated rings. The van der Waals surface area contributed by atoms with Crippen molar-refractivity contribution < 1.29 is 9.15 Å². The number of oxazole rings is 1. The van der Waals surface area contributed by atoms with Crippen LogP contribution < -0.4 is 10.1 Å². The average molecular weight is 348 g/mol. The number of hydrogen-bond donors (Lipinski definition) is 1. The van der Waals surface area contributed by atoms with Gasteiger partial charge in [0.1, 0.15) is 12.0 Å². The molecule has 1 aromatic heterocycles. The highest BCUT2D eigenvalue weighted by Gasteiger charge is 2.32. The highest BCUT2D eigenvalue weighted by atomic mass is 35.5. The Kier molecular flexibility index (Phi) is 4.60. The maximum Gasteiger partial charge on any atom is 0.235 e. The molecule has 3 rings (SSSR count). The van der Waals surface area contributed by atoms with Crippen LogP contribution in [0.25, 0.3) is 0 Å². The molecule has 1 N–H and O–H groups in total. The number of nitrogens with zero attached hydrogens (tertiary/aromatic N) is 1. The molecular formula is C14H13Cl3N2O2. The van der Waals surface area contributed by atoms with Gasteiger partial charge in [-0.1, -0.05) is 34.8 Å². The van der Waals surface area contributed by atoms with Crippen LogP contribution in [-0.2, 0) is 0 Å². The quantitative estimate of drug-likeness (QED) is 0.835. The minimum Gasteiger partial charge on any atom is -0.479 e. The van der Waals surface area contributed by atoms with E-state index in [0.717, 1.165) is 19.5 Å². The summed E-state index contributed by atoms with van der Waals surface area (Å²) in [5.74, 6) is 1.26. The van der Waals surface area contributed by atoms with Crippen molar-refractivity contribution in [1.29, 1.82) is 0 Å². The predicted molar refractivity (Wildman–Crippen MR) is 82.3 cm³/mol. The van der Waals surface area contributed by atoms with E-state index in [1.165, 1.54) is 6.26 Å². The first-order valence-electron chi connectivity index (χ1n) is 6.56. The van der Waals surface area contributed by atoms with E-state index in [4.69, 9.17) is 44.0 Å². The topological polar surface area (TPSA) is 47.3 Å². The van der Waals surface area contributed by atoms with Gasteiger partial charge in [0.2, 0.25) is 5.89 Å². The molecule has 2 atom stereocenters. The highest BCUT2D eigenvalue weighted by Crippen LogP contribution is 2.38. The first-order chi connectivity index (χ1) is 10.1. The monoisotopic (exact) mass is 346 g/mol. The number of rotatable bonds is 4. The summed E-state index contributed by atoms with van der Waals surface area (Å²) >= 11 is 18.1. The molecule has 1 unspecified atom stereocenters. The fraction of sp³-hybridized carbons (Fsp3) is 0.357. The third-order valence-electron chi connectivity index (χ3n) is 3.45. The zero-order chi connectivity index (χ0) is 14.8. The van der Waals surface area contributed by atoms with Gasteiger partial charge in [-0.25, -0.2) is 4.98 Å². The van der Waals surface area contributed by atoms with Crippen molar-refractivity contribution in [2.75, 3.05) is 13.1 Å². The molecule has 7 heteroatoms. The van der Waals surface area contributed by atoms with Crippen molar-refractivity contribution >= 4 is 34.8 Å². The molecule has 0 bridgehead atoms. The Morgan fingerprint density at radius 3 is 2.71 bits per heavy atom. The van der Waals surface area contributed by atoms with Crippen LogP contribution >= 0.6 is 34.8 Å². The second kappa shape index (κ2) is 6.44. The van der Waals surface area contributed by atoms with Crippen LogP contribution in [0.1, 0.15) is 18.4 Å². The Hall–Kier alpha value is -0.940. The van der Waals surface area contributed by atoms with E-state index in [1.54, 1.807) is 18.3 Å². The zero-order valence-electron chi connectivity index (χ0n) is 11.0. The van der Waals surface area contributed by atoms with E-state index in [2.05, 4.69) is 10.3 Å². The van der Waals surface area contributed by atoms with Crippen LogP contribution in [0.4, 0.5) is 0 Å². The number of halogens is 3. The van der Waals surface area contributed by atoms with Crippen molar-refractivity contribution in [1.82, 2.24) is 10.3 Å². The first kappa shape index (κ1) is 15.0.